The third-order valence-electron chi connectivity index (χ3n) is 2.78. The SMILES string of the molecule is CCn1ncnc1CNOC1CCCC1. The highest BCUT2D eigenvalue weighted by Crippen LogP contribution is 2.19. The number of rotatable bonds is 5. The second-order valence-corrected chi connectivity index (χ2v) is 3.84. The zero-order valence-electron chi connectivity index (χ0n) is 9.15. The van der Waals surface area contributed by atoms with Crippen molar-refractivity contribution in [3.63, 3.8) is 0 Å². The summed E-state index contributed by atoms with van der Waals surface area (Å²) in [6.07, 6.45) is 6.90. The van der Waals surface area contributed by atoms with E-state index < -0.39 is 0 Å². The summed E-state index contributed by atoms with van der Waals surface area (Å²) in [5.74, 6) is 0.926. The maximum atomic E-state index is 5.54. The molecule has 0 atom stereocenters. The van der Waals surface area contributed by atoms with Crippen LogP contribution in [-0.2, 0) is 17.9 Å². The Morgan fingerprint density at radius 3 is 3.07 bits per heavy atom. The van der Waals surface area contributed by atoms with Gasteiger partial charge in [0.25, 0.3) is 0 Å². The van der Waals surface area contributed by atoms with Crippen LogP contribution in [0.25, 0.3) is 0 Å². The molecule has 15 heavy (non-hydrogen) atoms. The lowest BCUT2D eigenvalue weighted by molar-refractivity contribution is -0.0259. The molecule has 1 aliphatic rings. The number of nitrogens with one attached hydrogen (secondary N) is 1. The topological polar surface area (TPSA) is 52.0 Å². The Hall–Kier alpha value is -0.940. The van der Waals surface area contributed by atoms with E-state index in [2.05, 4.69) is 22.5 Å². The molecule has 0 spiro atoms. The molecule has 1 fully saturated rings. The Morgan fingerprint density at radius 2 is 2.33 bits per heavy atom. The number of hydrogen-bond donors (Lipinski definition) is 1. The molecular weight excluding hydrogens is 192 g/mol. The van der Waals surface area contributed by atoms with E-state index in [1.807, 2.05) is 4.68 Å². The van der Waals surface area contributed by atoms with Crippen molar-refractivity contribution in [2.75, 3.05) is 0 Å². The number of hydroxylamine groups is 1. The van der Waals surface area contributed by atoms with Gasteiger partial charge in [0.05, 0.1) is 12.6 Å². The van der Waals surface area contributed by atoms with Crippen LogP contribution in [0.3, 0.4) is 0 Å². The third kappa shape index (κ3) is 2.76. The fraction of sp³-hybridized carbons (Fsp3) is 0.800. The summed E-state index contributed by atoms with van der Waals surface area (Å²) in [5, 5.41) is 4.10. The van der Waals surface area contributed by atoms with Crippen LogP contribution in [0.2, 0.25) is 0 Å². The van der Waals surface area contributed by atoms with Gasteiger partial charge in [-0.3, -0.25) is 4.84 Å². The van der Waals surface area contributed by atoms with Crippen LogP contribution < -0.4 is 5.48 Å². The predicted octanol–water partition coefficient (Wildman–Crippen LogP) is 1.26. The van der Waals surface area contributed by atoms with Gasteiger partial charge in [0.1, 0.15) is 12.2 Å². The Morgan fingerprint density at radius 1 is 1.53 bits per heavy atom. The summed E-state index contributed by atoms with van der Waals surface area (Å²) in [4.78, 5) is 9.71. The van der Waals surface area contributed by atoms with Crippen LogP contribution in [-0.4, -0.2) is 20.9 Å². The average molecular weight is 210 g/mol. The molecule has 1 aromatic rings. The first-order valence-electron chi connectivity index (χ1n) is 5.65. The van der Waals surface area contributed by atoms with E-state index in [0.29, 0.717) is 12.6 Å². The van der Waals surface area contributed by atoms with Crippen molar-refractivity contribution in [2.45, 2.75) is 51.8 Å². The number of aromatic nitrogens is 3. The first-order chi connectivity index (χ1) is 7.40. The van der Waals surface area contributed by atoms with Crippen molar-refractivity contribution in [1.82, 2.24) is 20.2 Å². The van der Waals surface area contributed by atoms with E-state index in [1.165, 1.54) is 25.7 Å². The largest absolute Gasteiger partial charge is 0.298 e. The van der Waals surface area contributed by atoms with Gasteiger partial charge >= 0.3 is 0 Å². The van der Waals surface area contributed by atoms with Gasteiger partial charge in [0.2, 0.25) is 0 Å². The van der Waals surface area contributed by atoms with E-state index in [-0.39, 0.29) is 0 Å². The fourth-order valence-corrected chi connectivity index (χ4v) is 1.92. The Bertz CT molecular complexity index is 293. The number of hydrogen-bond acceptors (Lipinski definition) is 4. The molecule has 1 saturated carbocycles. The van der Waals surface area contributed by atoms with Crippen LogP contribution in [0.15, 0.2) is 6.33 Å². The maximum absolute atomic E-state index is 5.54. The monoisotopic (exact) mass is 210 g/mol. The molecule has 0 amide bonds. The van der Waals surface area contributed by atoms with Crippen molar-refractivity contribution in [1.29, 1.82) is 0 Å². The second-order valence-electron chi connectivity index (χ2n) is 3.84. The molecular formula is C10H18N4O. The summed E-state index contributed by atoms with van der Waals surface area (Å²) in [7, 11) is 0. The highest BCUT2D eigenvalue weighted by Gasteiger charge is 2.15. The first kappa shape index (κ1) is 10.6. The third-order valence-corrected chi connectivity index (χ3v) is 2.78. The van der Waals surface area contributed by atoms with Gasteiger partial charge in [-0.25, -0.2) is 9.67 Å². The van der Waals surface area contributed by atoms with Crippen molar-refractivity contribution < 1.29 is 4.84 Å². The average Bonchev–Trinajstić information content (AvgIpc) is 2.88. The lowest BCUT2D eigenvalue weighted by Gasteiger charge is -2.11. The van der Waals surface area contributed by atoms with Crippen LogP contribution in [0.4, 0.5) is 0 Å². The van der Waals surface area contributed by atoms with Crippen molar-refractivity contribution in [3.05, 3.63) is 12.2 Å². The second kappa shape index (κ2) is 5.23. The molecule has 1 aliphatic carbocycles. The molecule has 5 nitrogen and oxygen atoms in total. The van der Waals surface area contributed by atoms with Crippen LogP contribution in [0.5, 0.6) is 0 Å². The lowest BCUT2D eigenvalue weighted by atomic mass is 10.3. The van der Waals surface area contributed by atoms with E-state index in [0.717, 1.165) is 12.4 Å². The van der Waals surface area contributed by atoms with Gasteiger partial charge in [0, 0.05) is 6.54 Å². The highest BCUT2D eigenvalue weighted by atomic mass is 16.7. The predicted molar refractivity (Wildman–Crippen MR) is 55.9 cm³/mol. The van der Waals surface area contributed by atoms with E-state index in [4.69, 9.17) is 4.84 Å². The molecule has 0 unspecified atom stereocenters. The van der Waals surface area contributed by atoms with Gasteiger partial charge in [-0.15, -0.1) is 0 Å². The van der Waals surface area contributed by atoms with Crippen LogP contribution in [0.1, 0.15) is 38.4 Å². The number of aryl methyl sites for hydroxylation is 1. The van der Waals surface area contributed by atoms with Gasteiger partial charge in [-0.2, -0.15) is 10.6 Å². The quantitative estimate of drug-likeness (QED) is 0.743. The number of nitrogens with zero attached hydrogens (tertiary/aromatic N) is 3. The van der Waals surface area contributed by atoms with E-state index in [9.17, 15) is 0 Å². The zero-order chi connectivity index (χ0) is 10.5. The van der Waals surface area contributed by atoms with Gasteiger partial charge in [-0.05, 0) is 19.8 Å². The van der Waals surface area contributed by atoms with Crippen molar-refractivity contribution in [3.8, 4) is 0 Å². The Balaban J connectivity index is 1.73. The lowest BCUT2D eigenvalue weighted by Crippen LogP contribution is -2.23. The van der Waals surface area contributed by atoms with Gasteiger partial charge < -0.3 is 0 Å². The summed E-state index contributed by atoms with van der Waals surface area (Å²) in [6.45, 7) is 3.53. The van der Waals surface area contributed by atoms with Crippen LogP contribution in [0, 0.1) is 0 Å². The first-order valence-corrected chi connectivity index (χ1v) is 5.65. The molecule has 5 heteroatoms. The van der Waals surface area contributed by atoms with E-state index >= 15 is 0 Å². The Labute approximate surface area is 89.8 Å². The molecule has 1 aromatic heterocycles. The highest BCUT2D eigenvalue weighted by molar-refractivity contribution is 4.82. The van der Waals surface area contributed by atoms with E-state index in [1.54, 1.807) is 6.33 Å². The fourth-order valence-electron chi connectivity index (χ4n) is 1.92. The normalized spacial score (nSPS) is 17.4. The van der Waals surface area contributed by atoms with Crippen molar-refractivity contribution in [2.24, 2.45) is 0 Å². The van der Waals surface area contributed by atoms with Crippen molar-refractivity contribution >= 4 is 0 Å². The summed E-state index contributed by atoms with van der Waals surface area (Å²) >= 11 is 0. The zero-order valence-corrected chi connectivity index (χ0v) is 9.15. The standard InChI is InChI=1S/C10H18N4O/c1-2-14-10(11-8-12-14)7-13-15-9-5-3-4-6-9/h8-9,13H,2-7H2,1H3. The molecule has 0 aliphatic heterocycles. The minimum absolute atomic E-state index is 0.392. The molecule has 2 rings (SSSR count). The smallest absolute Gasteiger partial charge is 0.143 e. The molecule has 84 valence electrons. The Kier molecular flexibility index (Phi) is 3.69. The molecule has 0 radical (unpaired) electrons. The minimum Gasteiger partial charge on any atom is -0.298 e. The summed E-state index contributed by atoms with van der Waals surface area (Å²) in [5.41, 5.74) is 2.98. The molecule has 1 N–H and O–H groups in total. The molecule has 0 bridgehead atoms. The van der Waals surface area contributed by atoms with Gasteiger partial charge in [-0.1, -0.05) is 12.8 Å². The minimum atomic E-state index is 0.392. The molecule has 0 aromatic carbocycles. The van der Waals surface area contributed by atoms with Crippen LogP contribution >= 0.6 is 0 Å². The summed E-state index contributed by atoms with van der Waals surface area (Å²) < 4.78 is 1.87. The summed E-state index contributed by atoms with van der Waals surface area (Å²) in [6, 6.07) is 0. The maximum Gasteiger partial charge on any atom is 0.143 e. The van der Waals surface area contributed by atoms with Gasteiger partial charge in [0.15, 0.2) is 0 Å². The molecule has 1 heterocycles. The molecule has 0 saturated heterocycles.